The minimum absolute atomic E-state index is 0.101. The molecule has 8 nitrogen and oxygen atoms in total. The number of aliphatic imine (C=N–C) groups is 1. The van der Waals surface area contributed by atoms with Gasteiger partial charge in [0.1, 0.15) is 5.60 Å². The molecule has 1 atom stereocenters. The van der Waals surface area contributed by atoms with Crippen molar-refractivity contribution in [3.05, 3.63) is 36.5 Å². The predicted molar refractivity (Wildman–Crippen MR) is 128 cm³/mol. The van der Waals surface area contributed by atoms with Crippen molar-refractivity contribution in [1.29, 1.82) is 0 Å². The van der Waals surface area contributed by atoms with Crippen molar-refractivity contribution in [1.82, 2.24) is 19.6 Å². The summed E-state index contributed by atoms with van der Waals surface area (Å²) in [5.74, 6) is 0.814. The van der Waals surface area contributed by atoms with Gasteiger partial charge in [0.15, 0.2) is 9.99 Å². The van der Waals surface area contributed by atoms with Crippen LogP contribution in [0.4, 0.5) is 10.6 Å². The van der Waals surface area contributed by atoms with E-state index >= 15 is 0 Å². The lowest BCUT2D eigenvalue weighted by Crippen LogP contribution is -2.53. The number of carbonyl (C=O) groups is 1. The van der Waals surface area contributed by atoms with Crippen LogP contribution < -0.4 is 0 Å². The van der Waals surface area contributed by atoms with E-state index in [4.69, 9.17) is 4.74 Å². The first-order valence-corrected chi connectivity index (χ1v) is 11.7. The maximum absolute atomic E-state index is 12.3. The number of halogens is 1. The van der Waals surface area contributed by atoms with Crippen LogP contribution in [0.25, 0.3) is 11.1 Å². The van der Waals surface area contributed by atoms with Crippen LogP contribution in [-0.2, 0) is 4.74 Å². The number of hydrogen-bond donors (Lipinski definition) is 1. The van der Waals surface area contributed by atoms with Gasteiger partial charge in [0.25, 0.3) is 0 Å². The van der Waals surface area contributed by atoms with Crippen molar-refractivity contribution in [2.24, 2.45) is 4.99 Å². The van der Waals surface area contributed by atoms with E-state index in [0.717, 1.165) is 16.9 Å². The second kappa shape index (κ2) is 8.42. The number of alkyl halides is 1. The SMILES string of the molecule is CC(C)(C)OC(=O)N1CCC(O)(CN2C=Nc3c(-c4ccccc4)cnn3C2I)CC1. The van der Waals surface area contributed by atoms with Crippen LogP contribution >= 0.6 is 22.6 Å². The Morgan fingerprint density at radius 2 is 1.94 bits per heavy atom. The summed E-state index contributed by atoms with van der Waals surface area (Å²) in [6.07, 6.45) is 4.28. The number of carbonyl (C=O) groups excluding carboxylic acids is 1. The van der Waals surface area contributed by atoms with Gasteiger partial charge in [-0.25, -0.2) is 14.5 Å². The molecule has 0 aliphatic carbocycles. The number of piperidine rings is 1. The Kier molecular flexibility index (Phi) is 5.99. The first-order valence-electron chi connectivity index (χ1n) is 10.4. The number of fused-ring (bicyclic) bond motifs is 1. The molecular formula is C22H28IN5O3. The molecule has 0 spiro atoms. The van der Waals surface area contributed by atoms with Gasteiger partial charge < -0.3 is 19.6 Å². The van der Waals surface area contributed by atoms with E-state index in [1.165, 1.54) is 0 Å². The number of aromatic nitrogens is 2. The Bertz CT molecular complexity index is 961. The van der Waals surface area contributed by atoms with E-state index in [-0.39, 0.29) is 10.3 Å². The molecule has 0 radical (unpaired) electrons. The first kappa shape index (κ1) is 22.1. The third-order valence-corrected chi connectivity index (χ3v) is 6.72. The van der Waals surface area contributed by atoms with Crippen molar-refractivity contribution >= 4 is 40.8 Å². The van der Waals surface area contributed by atoms with Crippen LogP contribution in [0.2, 0.25) is 0 Å². The number of ether oxygens (including phenoxy) is 1. The maximum Gasteiger partial charge on any atom is 0.410 e. The van der Waals surface area contributed by atoms with Gasteiger partial charge in [-0.15, -0.1) is 0 Å². The first-order chi connectivity index (χ1) is 14.7. The van der Waals surface area contributed by atoms with Gasteiger partial charge in [-0.1, -0.05) is 30.3 Å². The van der Waals surface area contributed by atoms with Crippen molar-refractivity contribution < 1.29 is 14.6 Å². The van der Waals surface area contributed by atoms with E-state index in [1.54, 1.807) is 11.2 Å². The molecule has 1 saturated heterocycles. The quantitative estimate of drug-likeness (QED) is 0.361. The highest BCUT2D eigenvalue weighted by atomic mass is 127. The molecule has 1 aromatic heterocycles. The van der Waals surface area contributed by atoms with Crippen LogP contribution in [0.3, 0.4) is 0 Å². The Morgan fingerprint density at radius 3 is 2.58 bits per heavy atom. The zero-order valence-corrected chi connectivity index (χ0v) is 20.2. The Morgan fingerprint density at radius 1 is 1.26 bits per heavy atom. The second-order valence-corrected chi connectivity index (χ2v) is 10.2. The molecule has 1 N–H and O–H groups in total. The minimum atomic E-state index is -0.902. The van der Waals surface area contributed by atoms with Crippen molar-refractivity contribution in [3.63, 3.8) is 0 Å². The summed E-state index contributed by atoms with van der Waals surface area (Å²) in [5, 5.41) is 15.7. The van der Waals surface area contributed by atoms with E-state index in [2.05, 4.69) is 32.7 Å². The summed E-state index contributed by atoms with van der Waals surface area (Å²) >= 11 is 2.31. The molecule has 3 heterocycles. The highest BCUT2D eigenvalue weighted by Gasteiger charge is 2.38. The Hall–Kier alpha value is -2.14. The van der Waals surface area contributed by atoms with Crippen LogP contribution in [0.5, 0.6) is 0 Å². The van der Waals surface area contributed by atoms with Gasteiger partial charge in [0, 0.05) is 18.7 Å². The van der Waals surface area contributed by atoms with Crippen molar-refractivity contribution in [2.45, 2.75) is 49.0 Å². The molecule has 31 heavy (non-hydrogen) atoms. The van der Waals surface area contributed by atoms with Crippen molar-refractivity contribution in [3.8, 4) is 11.1 Å². The van der Waals surface area contributed by atoms with Gasteiger partial charge in [-0.2, -0.15) is 5.10 Å². The number of β-amino-alcohol motifs (C(OH)–C–C–N with tert-alkyl or cyclic N) is 1. The van der Waals surface area contributed by atoms with E-state index < -0.39 is 11.2 Å². The number of hydrogen-bond acceptors (Lipinski definition) is 6. The average Bonchev–Trinajstić information content (AvgIpc) is 3.15. The summed E-state index contributed by atoms with van der Waals surface area (Å²) in [6, 6.07) is 10.1. The number of amides is 1. The maximum atomic E-state index is 12.3. The lowest BCUT2D eigenvalue weighted by molar-refractivity contribution is -0.0439. The Balaban J connectivity index is 1.41. The molecule has 1 fully saturated rings. The van der Waals surface area contributed by atoms with Crippen molar-refractivity contribution in [2.75, 3.05) is 19.6 Å². The molecular weight excluding hydrogens is 509 g/mol. The molecule has 2 aliphatic rings. The topological polar surface area (TPSA) is 83.2 Å². The van der Waals surface area contributed by atoms with Crippen LogP contribution in [0.15, 0.2) is 41.5 Å². The molecule has 4 rings (SSSR count). The van der Waals surface area contributed by atoms with Gasteiger partial charge in [-0.05, 0) is 61.8 Å². The zero-order valence-electron chi connectivity index (χ0n) is 18.0. The van der Waals surface area contributed by atoms with E-state index in [1.807, 2.05) is 66.9 Å². The number of aliphatic hydroxyl groups is 1. The summed E-state index contributed by atoms with van der Waals surface area (Å²) in [7, 11) is 0. The number of likely N-dealkylation sites (tertiary alicyclic amines) is 1. The molecule has 2 aromatic rings. The molecule has 1 aromatic carbocycles. The van der Waals surface area contributed by atoms with Crippen LogP contribution in [-0.4, -0.2) is 68.0 Å². The fourth-order valence-corrected chi connectivity index (χ4v) is 4.58. The monoisotopic (exact) mass is 537 g/mol. The van der Waals surface area contributed by atoms with Gasteiger partial charge >= 0.3 is 6.09 Å². The van der Waals surface area contributed by atoms with E-state index in [9.17, 15) is 9.90 Å². The Labute approximate surface area is 196 Å². The molecule has 0 saturated carbocycles. The zero-order chi connectivity index (χ0) is 22.2. The highest BCUT2D eigenvalue weighted by molar-refractivity contribution is 14.1. The smallest absolute Gasteiger partial charge is 0.410 e. The molecule has 9 heteroatoms. The average molecular weight is 537 g/mol. The summed E-state index contributed by atoms with van der Waals surface area (Å²) in [6.45, 7) is 6.92. The van der Waals surface area contributed by atoms with Gasteiger partial charge in [-0.3, -0.25) is 0 Å². The lowest BCUT2D eigenvalue weighted by Gasteiger charge is -2.42. The number of benzene rings is 1. The third-order valence-electron chi connectivity index (χ3n) is 5.48. The predicted octanol–water partition coefficient (Wildman–Crippen LogP) is 4.18. The standard InChI is InChI=1S/C22H28IN5O3/c1-21(2,3)31-20(29)26-11-9-22(30,10-12-26)14-27-15-24-18-17(13-25-28(18)19(27)23)16-7-5-4-6-8-16/h4-8,13,15,19,30H,9-12,14H2,1-3H3. The second-order valence-electron chi connectivity index (χ2n) is 9.11. The normalized spacial score (nSPS) is 20.5. The molecule has 2 aliphatic heterocycles. The molecule has 166 valence electrons. The fourth-order valence-electron chi connectivity index (χ4n) is 3.83. The van der Waals surface area contributed by atoms with Crippen LogP contribution in [0.1, 0.15) is 37.8 Å². The van der Waals surface area contributed by atoms with Crippen LogP contribution in [0, 0.1) is 0 Å². The summed E-state index contributed by atoms with van der Waals surface area (Å²) < 4.78 is 7.23. The molecule has 0 bridgehead atoms. The number of rotatable bonds is 3. The van der Waals surface area contributed by atoms with Gasteiger partial charge in [0.2, 0.25) is 0 Å². The minimum Gasteiger partial charge on any atom is -0.444 e. The van der Waals surface area contributed by atoms with E-state index in [0.29, 0.717) is 32.5 Å². The summed E-state index contributed by atoms with van der Waals surface area (Å²) in [4.78, 5) is 20.6. The highest BCUT2D eigenvalue weighted by Crippen LogP contribution is 2.38. The lowest BCUT2D eigenvalue weighted by atomic mass is 9.91. The molecule has 1 amide bonds. The molecule has 1 unspecified atom stereocenters. The summed E-state index contributed by atoms with van der Waals surface area (Å²) in [5.41, 5.74) is 0.637. The fraction of sp³-hybridized carbons (Fsp3) is 0.500. The number of nitrogens with zero attached hydrogens (tertiary/aromatic N) is 5. The third kappa shape index (κ3) is 4.87. The largest absolute Gasteiger partial charge is 0.444 e. The van der Waals surface area contributed by atoms with Gasteiger partial charge in [0.05, 0.1) is 24.7 Å².